The van der Waals surface area contributed by atoms with Crippen LogP contribution in [0.15, 0.2) is 0 Å². The largest absolute Gasteiger partial charge is 0.314 e. The first-order valence-corrected chi connectivity index (χ1v) is 6.14. The van der Waals surface area contributed by atoms with E-state index in [1.54, 1.807) is 0 Å². The van der Waals surface area contributed by atoms with Gasteiger partial charge >= 0.3 is 0 Å². The smallest absolute Gasteiger partial charge is 0.00104 e. The molecule has 0 spiro atoms. The minimum atomic E-state index is 0.591. The summed E-state index contributed by atoms with van der Waals surface area (Å²) in [5.74, 6) is 1.80. The summed E-state index contributed by atoms with van der Waals surface area (Å²) in [6.07, 6.45) is 4.22. The Morgan fingerprint density at radius 1 is 1.36 bits per heavy atom. The predicted molar refractivity (Wildman–Crippen MR) is 63.4 cm³/mol. The quantitative estimate of drug-likeness (QED) is 0.731. The van der Waals surface area contributed by atoms with Gasteiger partial charge in [-0.3, -0.25) is 0 Å². The Kier molecular flexibility index (Phi) is 4.00. The van der Waals surface area contributed by atoms with Crippen molar-refractivity contribution >= 4 is 0 Å². The fraction of sp³-hybridized carbons (Fsp3) is 1.00. The highest BCUT2D eigenvalue weighted by atomic mass is 14.9. The van der Waals surface area contributed by atoms with Crippen LogP contribution in [0.5, 0.6) is 0 Å². The maximum Gasteiger partial charge on any atom is 0.00104 e. The summed E-state index contributed by atoms with van der Waals surface area (Å²) in [4.78, 5) is 0. The van der Waals surface area contributed by atoms with Crippen molar-refractivity contribution in [3.63, 3.8) is 0 Å². The van der Waals surface area contributed by atoms with Gasteiger partial charge in [0.1, 0.15) is 0 Å². The summed E-state index contributed by atoms with van der Waals surface area (Å²) < 4.78 is 0. The molecule has 0 aromatic rings. The minimum absolute atomic E-state index is 0.591. The normalized spacial score (nSPS) is 32.1. The molecule has 0 radical (unpaired) electrons. The van der Waals surface area contributed by atoms with E-state index in [0.717, 1.165) is 11.8 Å². The number of hydrogen-bond acceptors (Lipinski definition) is 1. The predicted octanol–water partition coefficient (Wildman–Crippen LogP) is 3.45. The van der Waals surface area contributed by atoms with Crippen LogP contribution in [0, 0.1) is 17.3 Å². The third-order valence-corrected chi connectivity index (χ3v) is 3.66. The fourth-order valence-electron chi connectivity index (χ4n) is 2.69. The summed E-state index contributed by atoms with van der Waals surface area (Å²) in [6.45, 7) is 12.9. The van der Waals surface area contributed by atoms with Gasteiger partial charge in [-0.1, -0.05) is 34.6 Å². The van der Waals surface area contributed by atoms with Crippen molar-refractivity contribution < 1.29 is 0 Å². The molecule has 1 rings (SSSR count). The van der Waals surface area contributed by atoms with E-state index in [0.29, 0.717) is 11.5 Å². The summed E-state index contributed by atoms with van der Waals surface area (Å²) >= 11 is 0. The van der Waals surface area contributed by atoms with Gasteiger partial charge < -0.3 is 5.32 Å². The van der Waals surface area contributed by atoms with Crippen LogP contribution in [0.4, 0.5) is 0 Å². The topological polar surface area (TPSA) is 12.0 Å². The van der Waals surface area contributed by atoms with E-state index in [4.69, 9.17) is 0 Å². The van der Waals surface area contributed by atoms with E-state index in [1.165, 1.54) is 25.8 Å². The average Bonchev–Trinajstić information content (AvgIpc) is 2.00. The van der Waals surface area contributed by atoms with Gasteiger partial charge in [0.05, 0.1) is 0 Å². The molecule has 0 heterocycles. The van der Waals surface area contributed by atoms with E-state index in [-0.39, 0.29) is 0 Å². The van der Waals surface area contributed by atoms with E-state index >= 15 is 0 Å². The highest BCUT2D eigenvalue weighted by molar-refractivity contribution is 4.84. The lowest BCUT2D eigenvalue weighted by Gasteiger charge is -2.39. The average molecular weight is 197 g/mol. The molecule has 2 atom stereocenters. The van der Waals surface area contributed by atoms with Crippen molar-refractivity contribution in [2.24, 2.45) is 17.3 Å². The lowest BCUT2D eigenvalue weighted by atomic mass is 9.68. The van der Waals surface area contributed by atoms with E-state index in [1.807, 2.05) is 0 Å². The second kappa shape index (κ2) is 4.65. The Morgan fingerprint density at radius 2 is 2.00 bits per heavy atom. The van der Waals surface area contributed by atoms with Crippen molar-refractivity contribution in [3.05, 3.63) is 0 Å². The van der Waals surface area contributed by atoms with Crippen LogP contribution in [0.1, 0.15) is 53.9 Å². The Morgan fingerprint density at radius 3 is 2.50 bits per heavy atom. The molecule has 1 aliphatic rings. The first-order valence-electron chi connectivity index (χ1n) is 6.14. The van der Waals surface area contributed by atoms with Crippen LogP contribution in [-0.4, -0.2) is 12.6 Å². The molecule has 1 fully saturated rings. The summed E-state index contributed by atoms with van der Waals surface area (Å²) in [5, 5.41) is 3.57. The first-order chi connectivity index (χ1) is 6.41. The highest BCUT2D eigenvalue weighted by Gasteiger charge is 2.31. The van der Waals surface area contributed by atoms with Gasteiger partial charge in [-0.25, -0.2) is 0 Å². The second-order valence-electron chi connectivity index (χ2n) is 6.21. The monoisotopic (exact) mass is 197 g/mol. The van der Waals surface area contributed by atoms with Crippen LogP contribution in [0.3, 0.4) is 0 Å². The van der Waals surface area contributed by atoms with Gasteiger partial charge in [0.25, 0.3) is 0 Å². The van der Waals surface area contributed by atoms with E-state index in [9.17, 15) is 0 Å². The standard InChI is InChI=1S/C13H27N/c1-10(2)14-9-12-6-7-13(4,5)8-11(12)3/h10-12,14H,6-9H2,1-5H3. The summed E-state index contributed by atoms with van der Waals surface area (Å²) in [6, 6.07) is 0.636. The van der Waals surface area contributed by atoms with Gasteiger partial charge in [-0.05, 0) is 43.1 Å². The van der Waals surface area contributed by atoms with Gasteiger partial charge in [-0.2, -0.15) is 0 Å². The molecule has 0 saturated heterocycles. The van der Waals surface area contributed by atoms with Crippen molar-refractivity contribution in [2.75, 3.05) is 6.54 Å². The zero-order chi connectivity index (χ0) is 10.8. The molecule has 0 bridgehead atoms. The Balaban J connectivity index is 2.35. The lowest BCUT2D eigenvalue weighted by molar-refractivity contribution is 0.126. The van der Waals surface area contributed by atoms with Gasteiger partial charge in [-0.15, -0.1) is 0 Å². The molecule has 84 valence electrons. The SMILES string of the molecule is CC(C)NCC1CCC(C)(C)CC1C. The van der Waals surface area contributed by atoms with E-state index in [2.05, 4.69) is 39.9 Å². The van der Waals surface area contributed by atoms with Crippen LogP contribution >= 0.6 is 0 Å². The maximum atomic E-state index is 3.57. The molecule has 2 unspecified atom stereocenters. The minimum Gasteiger partial charge on any atom is -0.314 e. The molecular weight excluding hydrogens is 170 g/mol. The third-order valence-electron chi connectivity index (χ3n) is 3.66. The van der Waals surface area contributed by atoms with Crippen LogP contribution < -0.4 is 5.32 Å². The lowest BCUT2D eigenvalue weighted by Crippen LogP contribution is -2.36. The Bertz CT molecular complexity index is 170. The molecule has 1 heteroatoms. The van der Waals surface area contributed by atoms with Gasteiger partial charge in [0.2, 0.25) is 0 Å². The molecule has 0 aromatic heterocycles. The molecule has 0 aromatic carbocycles. The van der Waals surface area contributed by atoms with Crippen LogP contribution in [-0.2, 0) is 0 Å². The number of hydrogen-bond donors (Lipinski definition) is 1. The van der Waals surface area contributed by atoms with Crippen molar-refractivity contribution in [1.29, 1.82) is 0 Å². The van der Waals surface area contributed by atoms with Gasteiger partial charge in [0.15, 0.2) is 0 Å². The molecular formula is C13H27N. The van der Waals surface area contributed by atoms with Crippen molar-refractivity contribution in [1.82, 2.24) is 5.32 Å². The molecule has 1 nitrogen and oxygen atoms in total. The zero-order valence-electron chi connectivity index (χ0n) is 10.6. The molecule has 1 N–H and O–H groups in total. The Hall–Kier alpha value is -0.0400. The first kappa shape index (κ1) is 12.0. The van der Waals surface area contributed by atoms with Crippen molar-refractivity contribution in [3.8, 4) is 0 Å². The van der Waals surface area contributed by atoms with Crippen LogP contribution in [0.25, 0.3) is 0 Å². The molecule has 1 aliphatic carbocycles. The second-order valence-corrected chi connectivity index (χ2v) is 6.21. The number of rotatable bonds is 3. The number of nitrogens with one attached hydrogen (secondary N) is 1. The fourth-order valence-corrected chi connectivity index (χ4v) is 2.69. The maximum absolute atomic E-state index is 3.57. The third kappa shape index (κ3) is 3.61. The van der Waals surface area contributed by atoms with E-state index < -0.39 is 0 Å². The molecule has 1 saturated carbocycles. The Labute approximate surface area is 89.7 Å². The zero-order valence-corrected chi connectivity index (χ0v) is 10.6. The highest BCUT2D eigenvalue weighted by Crippen LogP contribution is 2.41. The van der Waals surface area contributed by atoms with Gasteiger partial charge in [0, 0.05) is 6.04 Å². The summed E-state index contributed by atoms with van der Waals surface area (Å²) in [5.41, 5.74) is 0.591. The molecule has 0 amide bonds. The molecule has 14 heavy (non-hydrogen) atoms. The molecule has 0 aliphatic heterocycles. The van der Waals surface area contributed by atoms with Crippen LogP contribution in [0.2, 0.25) is 0 Å². The van der Waals surface area contributed by atoms with Crippen molar-refractivity contribution in [2.45, 2.75) is 59.9 Å². The summed E-state index contributed by atoms with van der Waals surface area (Å²) in [7, 11) is 0.